The Kier molecular flexibility index (Phi) is 5.41. The molecule has 6 heteroatoms. The van der Waals surface area contributed by atoms with Gasteiger partial charge in [-0.05, 0) is 36.8 Å². The Morgan fingerprint density at radius 1 is 1.07 bits per heavy atom. The molecule has 1 saturated heterocycles. The number of aryl methyl sites for hydroxylation is 1. The highest BCUT2D eigenvalue weighted by atomic mass is 16.5. The molecule has 6 nitrogen and oxygen atoms in total. The molecule has 0 aliphatic carbocycles. The normalized spacial score (nSPS) is 17.3. The Balaban J connectivity index is 1.40. The van der Waals surface area contributed by atoms with Crippen molar-refractivity contribution in [3.63, 3.8) is 0 Å². The first-order valence-electron chi connectivity index (χ1n) is 10.2. The average Bonchev–Trinajstić information content (AvgIpc) is 2.74. The first-order chi connectivity index (χ1) is 14.4. The molecule has 0 bridgehead atoms. The number of amides is 1. The van der Waals surface area contributed by atoms with Crippen LogP contribution in [0.3, 0.4) is 0 Å². The average molecular weight is 409 g/mol. The molecule has 1 fully saturated rings. The molecule has 2 aromatic carbocycles. The van der Waals surface area contributed by atoms with Crippen molar-refractivity contribution in [3.8, 4) is 17.2 Å². The van der Waals surface area contributed by atoms with Gasteiger partial charge in [0.15, 0.2) is 17.3 Å². The van der Waals surface area contributed by atoms with E-state index in [4.69, 9.17) is 14.2 Å². The number of hydrogen-bond acceptors (Lipinski definition) is 5. The minimum absolute atomic E-state index is 0.0650. The van der Waals surface area contributed by atoms with Gasteiger partial charge >= 0.3 is 0 Å². The largest absolute Gasteiger partial charge is 0.493 e. The lowest BCUT2D eigenvalue weighted by Crippen LogP contribution is -2.52. The first kappa shape index (κ1) is 20.3. The summed E-state index contributed by atoms with van der Waals surface area (Å²) in [5.41, 5.74) is 2.11. The third-order valence-corrected chi connectivity index (χ3v) is 6.08. The number of benzene rings is 2. The molecule has 1 spiro atoms. The number of piperidine rings is 1. The van der Waals surface area contributed by atoms with E-state index in [0.717, 1.165) is 11.1 Å². The van der Waals surface area contributed by atoms with Crippen LogP contribution in [-0.4, -0.2) is 49.5 Å². The molecule has 0 aromatic heterocycles. The summed E-state index contributed by atoms with van der Waals surface area (Å²) < 4.78 is 16.9. The molecule has 0 unspecified atom stereocenters. The molecule has 0 N–H and O–H groups in total. The molecule has 2 aliphatic rings. The second-order valence-corrected chi connectivity index (χ2v) is 8.13. The summed E-state index contributed by atoms with van der Waals surface area (Å²) in [5, 5.41) is 0. The van der Waals surface area contributed by atoms with Crippen LogP contribution in [0.5, 0.6) is 17.2 Å². The van der Waals surface area contributed by atoms with Gasteiger partial charge in [0.05, 0.1) is 32.6 Å². The Bertz CT molecular complexity index is 976. The molecule has 0 saturated carbocycles. The Hall–Kier alpha value is -3.02. The van der Waals surface area contributed by atoms with Crippen molar-refractivity contribution in [2.45, 2.75) is 38.2 Å². The lowest BCUT2D eigenvalue weighted by molar-refractivity contribution is -0.134. The minimum Gasteiger partial charge on any atom is -0.493 e. The van der Waals surface area contributed by atoms with Gasteiger partial charge in [-0.2, -0.15) is 0 Å². The number of ketones is 1. The third-order valence-electron chi connectivity index (χ3n) is 6.08. The zero-order valence-corrected chi connectivity index (χ0v) is 17.7. The van der Waals surface area contributed by atoms with E-state index in [1.165, 1.54) is 0 Å². The molecule has 1 amide bonds. The van der Waals surface area contributed by atoms with Crippen molar-refractivity contribution in [3.05, 3.63) is 53.1 Å². The molecule has 4 rings (SSSR count). The van der Waals surface area contributed by atoms with Crippen LogP contribution in [0.4, 0.5) is 0 Å². The van der Waals surface area contributed by atoms with E-state index in [1.807, 2.05) is 48.2 Å². The van der Waals surface area contributed by atoms with Crippen LogP contribution in [0.25, 0.3) is 0 Å². The van der Waals surface area contributed by atoms with Crippen molar-refractivity contribution in [1.82, 2.24) is 4.90 Å². The number of carbonyl (C=O) groups is 2. The molecule has 2 aliphatic heterocycles. The summed E-state index contributed by atoms with van der Waals surface area (Å²) in [4.78, 5) is 27.4. The number of rotatable bonds is 4. The predicted molar refractivity (Wildman–Crippen MR) is 113 cm³/mol. The van der Waals surface area contributed by atoms with E-state index < -0.39 is 5.60 Å². The van der Waals surface area contributed by atoms with Gasteiger partial charge in [0.2, 0.25) is 5.91 Å². The van der Waals surface area contributed by atoms with E-state index in [9.17, 15) is 9.59 Å². The highest BCUT2D eigenvalue weighted by molar-refractivity contribution is 6.00. The van der Waals surface area contributed by atoms with Gasteiger partial charge in [-0.1, -0.05) is 17.7 Å². The Labute approximate surface area is 176 Å². The van der Waals surface area contributed by atoms with Crippen molar-refractivity contribution in [2.75, 3.05) is 27.3 Å². The zero-order chi connectivity index (χ0) is 21.3. The van der Waals surface area contributed by atoms with Gasteiger partial charge in [0, 0.05) is 25.9 Å². The van der Waals surface area contributed by atoms with Crippen molar-refractivity contribution < 1.29 is 23.8 Å². The second-order valence-electron chi connectivity index (χ2n) is 8.13. The van der Waals surface area contributed by atoms with Gasteiger partial charge < -0.3 is 19.1 Å². The number of methoxy groups -OCH3 is 2. The van der Waals surface area contributed by atoms with Gasteiger partial charge in [-0.25, -0.2) is 0 Å². The topological polar surface area (TPSA) is 65.1 Å². The van der Waals surface area contributed by atoms with Gasteiger partial charge in [-0.3, -0.25) is 9.59 Å². The summed E-state index contributed by atoms with van der Waals surface area (Å²) in [5.74, 6) is 2.12. The number of fused-ring (bicyclic) bond motifs is 1. The summed E-state index contributed by atoms with van der Waals surface area (Å²) in [6, 6.07) is 11.3. The molecule has 30 heavy (non-hydrogen) atoms. The smallest absolute Gasteiger partial charge is 0.226 e. The fourth-order valence-corrected chi connectivity index (χ4v) is 4.33. The number of hydrogen-bond donors (Lipinski definition) is 0. The van der Waals surface area contributed by atoms with Crippen LogP contribution < -0.4 is 14.2 Å². The zero-order valence-electron chi connectivity index (χ0n) is 17.7. The SMILES string of the molecule is COc1ccc(CC(=O)N2CCC3(CC2)CC(=O)c2cc(C)ccc2O3)cc1OC. The molecular weight excluding hydrogens is 382 g/mol. The number of ether oxygens (including phenoxy) is 3. The van der Waals surface area contributed by atoms with Crippen LogP contribution in [0.15, 0.2) is 36.4 Å². The van der Waals surface area contributed by atoms with E-state index >= 15 is 0 Å². The van der Waals surface area contributed by atoms with Crippen molar-refractivity contribution >= 4 is 11.7 Å². The van der Waals surface area contributed by atoms with Gasteiger partial charge in [0.25, 0.3) is 0 Å². The predicted octanol–water partition coefficient (Wildman–Crippen LogP) is 3.58. The van der Waals surface area contributed by atoms with Crippen LogP contribution in [-0.2, 0) is 11.2 Å². The summed E-state index contributed by atoms with van der Waals surface area (Å²) in [7, 11) is 3.17. The van der Waals surface area contributed by atoms with Gasteiger partial charge in [-0.15, -0.1) is 0 Å². The van der Waals surface area contributed by atoms with Gasteiger partial charge in [0.1, 0.15) is 11.4 Å². The number of carbonyl (C=O) groups excluding carboxylic acids is 2. The summed E-state index contributed by atoms with van der Waals surface area (Å²) in [6.07, 6.45) is 1.99. The molecular formula is C24H27NO5. The highest BCUT2D eigenvalue weighted by Gasteiger charge is 2.43. The molecule has 158 valence electrons. The molecule has 2 heterocycles. The van der Waals surface area contributed by atoms with Crippen LogP contribution in [0.1, 0.15) is 40.7 Å². The Morgan fingerprint density at radius 3 is 2.50 bits per heavy atom. The van der Waals surface area contributed by atoms with E-state index in [1.54, 1.807) is 14.2 Å². The van der Waals surface area contributed by atoms with Crippen molar-refractivity contribution in [2.24, 2.45) is 0 Å². The van der Waals surface area contributed by atoms with E-state index in [0.29, 0.717) is 61.6 Å². The fraction of sp³-hybridized carbons (Fsp3) is 0.417. The first-order valence-corrected chi connectivity index (χ1v) is 10.2. The highest BCUT2D eigenvalue weighted by Crippen LogP contribution is 2.39. The quantitative estimate of drug-likeness (QED) is 0.772. The van der Waals surface area contributed by atoms with Crippen LogP contribution in [0, 0.1) is 6.92 Å². The maximum Gasteiger partial charge on any atom is 0.226 e. The summed E-state index contributed by atoms with van der Waals surface area (Å²) in [6.45, 7) is 3.14. The maximum atomic E-state index is 12.8. The molecule has 2 aromatic rings. The lowest BCUT2D eigenvalue weighted by Gasteiger charge is -2.44. The monoisotopic (exact) mass is 409 g/mol. The third kappa shape index (κ3) is 3.86. The maximum absolute atomic E-state index is 12.8. The fourth-order valence-electron chi connectivity index (χ4n) is 4.33. The molecule has 0 radical (unpaired) electrons. The lowest BCUT2D eigenvalue weighted by atomic mass is 9.82. The van der Waals surface area contributed by atoms with E-state index in [2.05, 4.69) is 0 Å². The van der Waals surface area contributed by atoms with Crippen LogP contribution in [0.2, 0.25) is 0 Å². The Morgan fingerprint density at radius 2 is 1.80 bits per heavy atom. The second kappa shape index (κ2) is 8.01. The molecule has 0 atom stereocenters. The van der Waals surface area contributed by atoms with Crippen LogP contribution >= 0.6 is 0 Å². The summed E-state index contributed by atoms with van der Waals surface area (Å²) >= 11 is 0. The van der Waals surface area contributed by atoms with Crippen molar-refractivity contribution in [1.29, 1.82) is 0 Å². The van der Waals surface area contributed by atoms with E-state index in [-0.39, 0.29) is 11.7 Å². The number of likely N-dealkylation sites (tertiary alicyclic amines) is 1. The number of Topliss-reactive ketones (excluding diaryl/α,β-unsaturated/α-hetero) is 1. The minimum atomic E-state index is -0.501. The standard InChI is InChI=1S/C24H27NO5/c1-16-4-6-20-18(12-16)19(26)15-24(30-20)8-10-25(11-9-24)23(27)14-17-5-7-21(28-2)22(13-17)29-3/h4-7,12-13H,8-11,14-15H2,1-3H3. The number of nitrogens with zero attached hydrogens (tertiary/aromatic N) is 1.